The number of ether oxygens (including phenoxy) is 1. The van der Waals surface area contributed by atoms with Crippen LogP contribution in [0, 0.1) is 11.8 Å². The van der Waals surface area contributed by atoms with Crippen molar-refractivity contribution in [2.75, 3.05) is 31.5 Å². The summed E-state index contributed by atoms with van der Waals surface area (Å²) in [7, 11) is 0. The molecule has 2 fully saturated rings. The van der Waals surface area contributed by atoms with E-state index in [0.29, 0.717) is 50.6 Å². The molecule has 1 N–H and O–H groups in total. The predicted octanol–water partition coefficient (Wildman–Crippen LogP) is 2.75. The number of aromatic nitrogens is 2. The number of likely N-dealkylation sites (tertiary alicyclic amines) is 2. The number of nitrogens with one attached hydrogen (secondary N) is 1. The number of carbonyl (C=O) groups is 3. The van der Waals surface area contributed by atoms with Gasteiger partial charge in [-0.15, -0.1) is 10.2 Å². The molecule has 0 saturated carbocycles. The van der Waals surface area contributed by atoms with E-state index in [1.807, 2.05) is 25.7 Å². The molecule has 30 heavy (non-hydrogen) atoms. The molecule has 1 aromatic rings. The van der Waals surface area contributed by atoms with Crippen molar-refractivity contribution in [3.63, 3.8) is 0 Å². The molecule has 3 heterocycles. The SMILES string of the molecule is CC(C)(C)OC(=O)N1CCC(CC(=O)N2CCC(C(=O)Nc3nncs3)CC2)CC1. The van der Waals surface area contributed by atoms with Crippen LogP contribution in [0.3, 0.4) is 0 Å². The summed E-state index contributed by atoms with van der Waals surface area (Å²) in [5.41, 5.74) is 1.08. The van der Waals surface area contributed by atoms with Crippen LogP contribution in [0.1, 0.15) is 52.9 Å². The van der Waals surface area contributed by atoms with Crippen molar-refractivity contribution in [2.45, 2.75) is 58.5 Å². The molecule has 2 aliphatic heterocycles. The van der Waals surface area contributed by atoms with Gasteiger partial charge in [0.15, 0.2) is 0 Å². The van der Waals surface area contributed by atoms with Crippen molar-refractivity contribution in [3.8, 4) is 0 Å². The molecule has 10 heteroatoms. The summed E-state index contributed by atoms with van der Waals surface area (Å²) in [6.07, 6.45) is 3.17. The predicted molar refractivity (Wildman–Crippen MR) is 113 cm³/mol. The van der Waals surface area contributed by atoms with Crippen LogP contribution in [-0.2, 0) is 14.3 Å². The standard InChI is InChI=1S/C20H31N5O4S/c1-20(2,3)29-19(28)25-8-4-14(5-9-25)12-16(26)24-10-6-15(7-11-24)17(27)22-18-23-21-13-30-18/h13-15H,4-12H2,1-3H3,(H,22,23,27). The van der Waals surface area contributed by atoms with Gasteiger partial charge in [0, 0.05) is 38.5 Å². The molecule has 2 saturated heterocycles. The maximum absolute atomic E-state index is 12.7. The largest absolute Gasteiger partial charge is 0.444 e. The van der Waals surface area contributed by atoms with Crippen molar-refractivity contribution < 1.29 is 19.1 Å². The van der Waals surface area contributed by atoms with E-state index in [1.54, 1.807) is 10.4 Å². The molecule has 2 aliphatic rings. The molecule has 9 nitrogen and oxygen atoms in total. The summed E-state index contributed by atoms with van der Waals surface area (Å²) in [5, 5.41) is 10.8. The molecule has 3 rings (SSSR count). The third-order valence-electron chi connectivity index (χ3n) is 5.54. The lowest BCUT2D eigenvalue weighted by Crippen LogP contribution is -2.44. The van der Waals surface area contributed by atoms with Crippen LogP contribution < -0.4 is 5.32 Å². The highest BCUT2D eigenvalue weighted by atomic mass is 32.1. The highest BCUT2D eigenvalue weighted by Crippen LogP contribution is 2.25. The van der Waals surface area contributed by atoms with Gasteiger partial charge in [0.1, 0.15) is 11.1 Å². The normalized spacial score (nSPS) is 18.9. The van der Waals surface area contributed by atoms with Crippen LogP contribution in [0.25, 0.3) is 0 Å². The van der Waals surface area contributed by atoms with Crippen molar-refractivity contribution in [3.05, 3.63) is 5.51 Å². The number of nitrogens with zero attached hydrogens (tertiary/aromatic N) is 4. The summed E-state index contributed by atoms with van der Waals surface area (Å²) >= 11 is 1.29. The molecule has 166 valence electrons. The molecule has 0 radical (unpaired) electrons. The van der Waals surface area contributed by atoms with Crippen LogP contribution in [0.5, 0.6) is 0 Å². The van der Waals surface area contributed by atoms with E-state index in [-0.39, 0.29) is 29.7 Å². The van der Waals surface area contributed by atoms with Gasteiger partial charge in [0.25, 0.3) is 0 Å². The van der Waals surface area contributed by atoms with E-state index in [4.69, 9.17) is 4.74 Å². The fraction of sp³-hybridized carbons (Fsp3) is 0.750. The maximum Gasteiger partial charge on any atom is 0.410 e. The average molecular weight is 438 g/mol. The van der Waals surface area contributed by atoms with Gasteiger partial charge in [-0.05, 0) is 52.4 Å². The molecule has 0 aromatic carbocycles. The summed E-state index contributed by atoms with van der Waals surface area (Å²) in [6, 6.07) is 0. The summed E-state index contributed by atoms with van der Waals surface area (Å²) < 4.78 is 5.42. The van der Waals surface area contributed by atoms with E-state index >= 15 is 0 Å². The third-order valence-corrected chi connectivity index (χ3v) is 6.14. The molecule has 0 unspecified atom stereocenters. The third kappa shape index (κ3) is 6.38. The van der Waals surface area contributed by atoms with Crippen LogP contribution in [-0.4, -0.2) is 69.7 Å². The second kappa shape index (κ2) is 9.72. The molecular weight excluding hydrogens is 406 g/mol. The highest BCUT2D eigenvalue weighted by Gasteiger charge is 2.31. The molecule has 0 aliphatic carbocycles. The van der Waals surface area contributed by atoms with Gasteiger partial charge in [-0.2, -0.15) is 0 Å². The second-order valence-electron chi connectivity index (χ2n) is 9.00. The number of anilines is 1. The van der Waals surface area contributed by atoms with Gasteiger partial charge in [-0.25, -0.2) is 4.79 Å². The number of hydrogen-bond acceptors (Lipinski definition) is 7. The van der Waals surface area contributed by atoms with Crippen LogP contribution in [0.2, 0.25) is 0 Å². The molecule has 0 bridgehead atoms. The quantitative estimate of drug-likeness (QED) is 0.777. The van der Waals surface area contributed by atoms with Gasteiger partial charge >= 0.3 is 6.09 Å². The summed E-state index contributed by atoms with van der Waals surface area (Å²) in [6.45, 7) is 8.03. The lowest BCUT2D eigenvalue weighted by molar-refractivity contribution is -0.135. The Morgan fingerprint density at radius 3 is 2.30 bits per heavy atom. The lowest BCUT2D eigenvalue weighted by atomic mass is 9.91. The van der Waals surface area contributed by atoms with E-state index in [1.165, 1.54) is 11.3 Å². The average Bonchev–Trinajstić information content (AvgIpc) is 3.20. The van der Waals surface area contributed by atoms with Crippen molar-refractivity contribution in [1.82, 2.24) is 20.0 Å². The van der Waals surface area contributed by atoms with Crippen molar-refractivity contribution >= 4 is 34.4 Å². The fourth-order valence-electron chi connectivity index (χ4n) is 3.85. The minimum atomic E-state index is -0.496. The number of piperidine rings is 2. The number of hydrogen-bond donors (Lipinski definition) is 1. The first-order chi connectivity index (χ1) is 14.2. The minimum absolute atomic E-state index is 0.0478. The molecular formula is C20H31N5O4S. The van der Waals surface area contributed by atoms with Crippen LogP contribution >= 0.6 is 11.3 Å². The number of amides is 3. The van der Waals surface area contributed by atoms with Gasteiger partial charge in [-0.1, -0.05) is 11.3 Å². The highest BCUT2D eigenvalue weighted by molar-refractivity contribution is 7.13. The van der Waals surface area contributed by atoms with E-state index in [2.05, 4.69) is 15.5 Å². The summed E-state index contributed by atoms with van der Waals surface area (Å²) in [4.78, 5) is 40.8. The van der Waals surface area contributed by atoms with E-state index < -0.39 is 5.60 Å². The Balaban J connectivity index is 1.37. The Morgan fingerprint density at radius 2 is 1.73 bits per heavy atom. The minimum Gasteiger partial charge on any atom is -0.444 e. The topological polar surface area (TPSA) is 105 Å². The van der Waals surface area contributed by atoms with Gasteiger partial charge < -0.3 is 19.9 Å². The number of rotatable bonds is 4. The smallest absolute Gasteiger partial charge is 0.410 e. The van der Waals surface area contributed by atoms with Crippen LogP contribution in [0.15, 0.2) is 5.51 Å². The zero-order valence-electron chi connectivity index (χ0n) is 17.9. The molecule has 3 amide bonds. The Kier molecular flexibility index (Phi) is 7.27. The molecule has 0 spiro atoms. The zero-order chi connectivity index (χ0) is 21.7. The Labute approximate surface area is 181 Å². The van der Waals surface area contributed by atoms with E-state index in [0.717, 1.165) is 12.8 Å². The van der Waals surface area contributed by atoms with Gasteiger partial charge in [0.05, 0.1) is 0 Å². The van der Waals surface area contributed by atoms with E-state index in [9.17, 15) is 14.4 Å². The Hall–Kier alpha value is -2.23. The fourth-order valence-corrected chi connectivity index (χ4v) is 4.30. The monoisotopic (exact) mass is 437 g/mol. The molecule has 0 atom stereocenters. The lowest BCUT2D eigenvalue weighted by Gasteiger charge is -2.35. The van der Waals surface area contributed by atoms with Gasteiger partial charge in [0.2, 0.25) is 16.9 Å². The Morgan fingerprint density at radius 1 is 1.10 bits per heavy atom. The Bertz CT molecular complexity index is 733. The second-order valence-corrected chi connectivity index (χ2v) is 9.84. The first-order valence-corrected chi connectivity index (χ1v) is 11.4. The first-order valence-electron chi connectivity index (χ1n) is 10.5. The number of carbonyl (C=O) groups excluding carboxylic acids is 3. The van der Waals surface area contributed by atoms with Gasteiger partial charge in [-0.3, -0.25) is 9.59 Å². The molecule has 1 aromatic heterocycles. The maximum atomic E-state index is 12.7. The van der Waals surface area contributed by atoms with Crippen molar-refractivity contribution in [1.29, 1.82) is 0 Å². The first kappa shape index (κ1) is 22.5. The van der Waals surface area contributed by atoms with Crippen LogP contribution in [0.4, 0.5) is 9.93 Å². The summed E-state index contributed by atoms with van der Waals surface area (Å²) in [5.74, 6) is 0.284. The zero-order valence-corrected chi connectivity index (χ0v) is 18.7. The van der Waals surface area contributed by atoms with Crippen molar-refractivity contribution in [2.24, 2.45) is 11.8 Å².